The van der Waals surface area contributed by atoms with Crippen molar-refractivity contribution in [2.45, 2.75) is 31.7 Å². The fourth-order valence-electron chi connectivity index (χ4n) is 1.93. The second kappa shape index (κ2) is 5.01. The standard InChI is InChI=1S/C11H17N3O2/c1-15-9-7-10(16-2)14-11(13-9)12-8-5-3-4-6-8/h7-8H,3-6H2,1-2H3,(H,12,13,14). The lowest BCUT2D eigenvalue weighted by atomic mass is 10.2. The molecule has 0 amide bonds. The normalized spacial score (nSPS) is 16.1. The molecule has 1 aliphatic rings. The van der Waals surface area contributed by atoms with Crippen molar-refractivity contribution in [3.63, 3.8) is 0 Å². The highest BCUT2D eigenvalue weighted by Crippen LogP contribution is 2.23. The van der Waals surface area contributed by atoms with Crippen molar-refractivity contribution in [2.24, 2.45) is 0 Å². The predicted octanol–water partition coefficient (Wildman–Crippen LogP) is 1.85. The molecule has 1 aromatic heterocycles. The van der Waals surface area contributed by atoms with Crippen LogP contribution in [0.4, 0.5) is 5.95 Å². The maximum atomic E-state index is 5.09. The van der Waals surface area contributed by atoms with Crippen LogP contribution in [-0.4, -0.2) is 30.2 Å². The molecular weight excluding hydrogens is 206 g/mol. The van der Waals surface area contributed by atoms with Gasteiger partial charge in [-0.1, -0.05) is 12.8 Å². The summed E-state index contributed by atoms with van der Waals surface area (Å²) in [5.41, 5.74) is 0. The minimum absolute atomic E-state index is 0.483. The molecule has 1 aliphatic carbocycles. The Labute approximate surface area is 95.2 Å². The van der Waals surface area contributed by atoms with Crippen molar-refractivity contribution in [3.8, 4) is 11.8 Å². The number of methoxy groups -OCH3 is 2. The van der Waals surface area contributed by atoms with Crippen molar-refractivity contribution in [3.05, 3.63) is 6.07 Å². The fraction of sp³-hybridized carbons (Fsp3) is 0.636. The first-order valence-electron chi connectivity index (χ1n) is 5.55. The smallest absolute Gasteiger partial charge is 0.229 e. The van der Waals surface area contributed by atoms with Crippen LogP contribution < -0.4 is 14.8 Å². The third-order valence-electron chi connectivity index (χ3n) is 2.79. The van der Waals surface area contributed by atoms with Gasteiger partial charge in [0.05, 0.1) is 20.3 Å². The molecule has 0 bridgehead atoms. The highest BCUT2D eigenvalue weighted by atomic mass is 16.5. The van der Waals surface area contributed by atoms with E-state index in [1.165, 1.54) is 25.7 Å². The van der Waals surface area contributed by atoms with E-state index in [1.807, 2.05) is 0 Å². The van der Waals surface area contributed by atoms with Crippen LogP contribution in [0.2, 0.25) is 0 Å². The molecule has 5 nitrogen and oxygen atoms in total. The summed E-state index contributed by atoms with van der Waals surface area (Å²) >= 11 is 0. The number of hydrogen-bond donors (Lipinski definition) is 1. The molecule has 1 heterocycles. The summed E-state index contributed by atoms with van der Waals surface area (Å²) < 4.78 is 10.2. The highest BCUT2D eigenvalue weighted by Gasteiger charge is 2.16. The van der Waals surface area contributed by atoms with Crippen molar-refractivity contribution in [2.75, 3.05) is 19.5 Å². The van der Waals surface area contributed by atoms with Crippen molar-refractivity contribution in [1.82, 2.24) is 9.97 Å². The first-order chi connectivity index (χ1) is 7.81. The van der Waals surface area contributed by atoms with Crippen LogP contribution >= 0.6 is 0 Å². The van der Waals surface area contributed by atoms with Gasteiger partial charge in [-0.3, -0.25) is 0 Å². The Morgan fingerprint density at radius 1 is 1.12 bits per heavy atom. The van der Waals surface area contributed by atoms with Crippen LogP contribution in [0.1, 0.15) is 25.7 Å². The van der Waals surface area contributed by atoms with Gasteiger partial charge in [0.1, 0.15) is 0 Å². The average molecular weight is 223 g/mol. The minimum atomic E-state index is 0.483. The number of anilines is 1. The zero-order chi connectivity index (χ0) is 11.4. The van der Waals surface area contributed by atoms with Crippen LogP contribution in [0, 0.1) is 0 Å². The average Bonchev–Trinajstić information content (AvgIpc) is 2.81. The second-order valence-electron chi connectivity index (χ2n) is 3.90. The van der Waals surface area contributed by atoms with E-state index in [-0.39, 0.29) is 0 Å². The summed E-state index contributed by atoms with van der Waals surface area (Å²) in [4.78, 5) is 8.48. The number of hydrogen-bond acceptors (Lipinski definition) is 5. The third kappa shape index (κ3) is 2.53. The second-order valence-corrected chi connectivity index (χ2v) is 3.90. The zero-order valence-electron chi connectivity index (χ0n) is 9.69. The van der Waals surface area contributed by atoms with Crippen LogP contribution in [0.15, 0.2) is 6.07 Å². The molecule has 1 fully saturated rings. The van der Waals surface area contributed by atoms with Gasteiger partial charge < -0.3 is 14.8 Å². The predicted molar refractivity (Wildman–Crippen MR) is 61.0 cm³/mol. The molecule has 88 valence electrons. The van der Waals surface area contributed by atoms with Gasteiger partial charge in [-0.15, -0.1) is 0 Å². The first kappa shape index (κ1) is 11.0. The minimum Gasteiger partial charge on any atom is -0.481 e. The Morgan fingerprint density at radius 3 is 2.19 bits per heavy atom. The molecule has 1 N–H and O–H groups in total. The van der Waals surface area contributed by atoms with Crippen LogP contribution in [0.5, 0.6) is 11.8 Å². The summed E-state index contributed by atoms with van der Waals surface area (Å²) in [6.45, 7) is 0. The molecule has 0 saturated heterocycles. The van der Waals surface area contributed by atoms with E-state index >= 15 is 0 Å². The van der Waals surface area contributed by atoms with Gasteiger partial charge in [0.15, 0.2) is 0 Å². The molecule has 0 aliphatic heterocycles. The summed E-state index contributed by atoms with van der Waals surface area (Å²) in [5, 5.41) is 3.31. The van der Waals surface area contributed by atoms with Crippen LogP contribution in [0.25, 0.3) is 0 Å². The summed E-state index contributed by atoms with van der Waals surface area (Å²) in [6.07, 6.45) is 4.92. The Hall–Kier alpha value is -1.52. The number of nitrogens with one attached hydrogen (secondary N) is 1. The first-order valence-corrected chi connectivity index (χ1v) is 5.55. The SMILES string of the molecule is COc1cc(OC)nc(NC2CCCC2)n1. The molecule has 5 heteroatoms. The van der Waals surface area contributed by atoms with Crippen molar-refractivity contribution in [1.29, 1.82) is 0 Å². The summed E-state index contributed by atoms with van der Waals surface area (Å²) in [7, 11) is 3.17. The Kier molecular flexibility index (Phi) is 3.44. The highest BCUT2D eigenvalue weighted by molar-refractivity contribution is 5.34. The molecule has 0 unspecified atom stereocenters. The molecule has 2 rings (SSSR count). The summed E-state index contributed by atoms with van der Waals surface area (Å²) in [5.74, 6) is 1.63. The van der Waals surface area contributed by atoms with E-state index in [4.69, 9.17) is 9.47 Å². The van der Waals surface area contributed by atoms with Gasteiger partial charge in [0.2, 0.25) is 17.7 Å². The van der Waals surface area contributed by atoms with E-state index in [9.17, 15) is 0 Å². The monoisotopic (exact) mass is 223 g/mol. The van der Waals surface area contributed by atoms with Crippen LogP contribution in [-0.2, 0) is 0 Å². The van der Waals surface area contributed by atoms with Gasteiger partial charge in [0, 0.05) is 6.04 Å². The van der Waals surface area contributed by atoms with E-state index in [1.54, 1.807) is 20.3 Å². The number of rotatable bonds is 4. The maximum Gasteiger partial charge on any atom is 0.229 e. The molecule has 0 aromatic carbocycles. The topological polar surface area (TPSA) is 56.3 Å². The molecule has 0 spiro atoms. The number of aromatic nitrogens is 2. The quantitative estimate of drug-likeness (QED) is 0.844. The van der Waals surface area contributed by atoms with Crippen molar-refractivity contribution >= 4 is 5.95 Å². The summed E-state index contributed by atoms with van der Waals surface area (Å²) in [6, 6.07) is 2.15. The molecule has 0 radical (unpaired) electrons. The Balaban J connectivity index is 2.12. The lowest BCUT2D eigenvalue weighted by Crippen LogP contribution is -2.17. The zero-order valence-corrected chi connectivity index (χ0v) is 9.69. The number of ether oxygens (including phenoxy) is 2. The molecule has 16 heavy (non-hydrogen) atoms. The van der Waals surface area contributed by atoms with E-state index < -0.39 is 0 Å². The van der Waals surface area contributed by atoms with Gasteiger partial charge in [-0.2, -0.15) is 9.97 Å². The molecular formula is C11H17N3O2. The van der Waals surface area contributed by atoms with Gasteiger partial charge in [-0.25, -0.2) is 0 Å². The maximum absolute atomic E-state index is 5.09. The van der Waals surface area contributed by atoms with Crippen LogP contribution in [0.3, 0.4) is 0 Å². The fourth-order valence-corrected chi connectivity index (χ4v) is 1.93. The van der Waals surface area contributed by atoms with Gasteiger partial charge in [-0.05, 0) is 12.8 Å². The lowest BCUT2D eigenvalue weighted by molar-refractivity contribution is 0.372. The van der Waals surface area contributed by atoms with Gasteiger partial charge in [0.25, 0.3) is 0 Å². The third-order valence-corrected chi connectivity index (χ3v) is 2.79. The van der Waals surface area contributed by atoms with E-state index in [2.05, 4.69) is 15.3 Å². The Morgan fingerprint density at radius 2 is 1.69 bits per heavy atom. The van der Waals surface area contributed by atoms with E-state index in [0.717, 1.165) is 0 Å². The molecule has 1 aromatic rings. The Bertz CT molecular complexity index is 329. The number of nitrogens with zero attached hydrogens (tertiary/aromatic N) is 2. The molecule has 1 saturated carbocycles. The largest absolute Gasteiger partial charge is 0.481 e. The lowest BCUT2D eigenvalue weighted by Gasteiger charge is -2.13. The molecule has 0 atom stereocenters. The van der Waals surface area contributed by atoms with Crippen molar-refractivity contribution < 1.29 is 9.47 Å². The van der Waals surface area contributed by atoms with Gasteiger partial charge >= 0.3 is 0 Å². The van der Waals surface area contributed by atoms with E-state index in [0.29, 0.717) is 23.8 Å².